The first kappa shape index (κ1) is 17.7. The summed E-state index contributed by atoms with van der Waals surface area (Å²) in [6, 6.07) is 8.24. The fourth-order valence-corrected chi connectivity index (χ4v) is 2.16. The van der Waals surface area contributed by atoms with Crippen molar-refractivity contribution in [3.8, 4) is 0 Å². The molecule has 2 aromatic rings. The molecule has 0 atom stereocenters. The van der Waals surface area contributed by atoms with Gasteiger partial charge in [-0.15, -0.1) is 5.10 Å². The maximum absolute atomic E-state index is 12.0. The van der Waals surface area contributed by atoms with Gasteiger partial charge in [-0.3, -0.25) is 4.79 Å². The average molecular weight is 330 g/mol. The van der Waals surface area contributed by atoms with E-state index in [1.165, 1.54) is 16.6 Å². The number of aromatic nitrogens is 3. The number of anilines is 1. The molecule has 1 aromatic carbocycles. The first-order valence-electron chi connectivity index (χ1n) is 8.04. The Morgan fingerprint density at radius 2 is 1.88 bits per heavy atom. The third-order valence-corrected chi connectivity index (χ3v) is 3.45. The van der Waals surface area contributed by atoms with Gasteiger partial charge in [0.05, 0.1) is 12.8 Å². The summed E-state index contributed by atoms with van der Waals surface area (Å²) in [4.78, 5) is 24.5. The Balaban J connectivity index is 1.79. The highest BCUT2D eigenvalue weighted by Crippen LogP contribution is 2.08. The Labute approximate surface area is 141 Å². The van der Waals surface area contributed by atoms with Crippen molar-refractivity contribution in [3.63, 3.8) is 0 Å². The third kappa shape index (κ3) is 5.49. The minimum atomic E-state index is -0.415. The summed E-state index contributed by atoms with van der Waals surface area (Å²) < 4.78 is 4.81. The quantitative estimate of drug-likeness (QED) is 0.748. The van der Waals surface area contributed by atoms with Gasteiger partial charge in [-0.25, -0.2) is 4.79 Å². The normalized spacial score (nSPS) is 10.4. The van der Waals surface area contributed by atoms with Crippen molar-refractivity contribution in [1.82, 2.24) is 15.0 Å². The van der Waals surface area contributed by atoms with Crippen LogP contribution in [0.5, 0.6) is 0 Å². The molecule has 0 aliphatic rings. The van der Waals surface area contributed by atoms with Crippen molar-refractivity contribution in [3.05, 3.63) is 41.6 Å². The van der Waals surface area contributed by atoms with Crippen LogP contribution in [-0.4, -0.2) is 33.5 Å². The number of amides is 1. The van der Waals surface area contributed by atoms with Crippen LogP contribution >= 0.6 is 0 Å². The second kappa shape index (κ2) is 8.81. The van der Waals surface area contributed by atoms with Crippen molar-refractivity contribution in [1.29, 1.82) is 0 Å². The zero-order chi connectivity index (χ0) is 17.4. The summed E-state index contributed by atoms with van der Waals surface area (Å²) in [6.45, 7) is 4.07. The standard InChI is InChI=1S/C17H22N4O3/c1-3-13-5-7-14(8-6-13)9-10-16(22)19-15-11-18-21(20-15)12-17(23)24-4-2/h5-8,11H,3-4,9-10,12H2,1-2H3,(H,19,20,22). The topological polar surface area (TPSA) is 86.1 Å². The molecule has 1 heterocycles. The van der Waals surface area contributed by atoms with Crippen molar-refractivity contribution in [2.45, 2.75) is 39.7 Å². The van der Waals surface area contributed by atoms with Gasteiger partial charge >= 0.3 is 5.97 Å². The lowest BCUT2D eigenvalue weighted by Crippen LogP contribution is -2.16. The lowest BCUT2D eigenvalue weighted by atomic mass is 10.1. The first-order chi connectivity index (χ1) is 11.6. The maximum atomic E-state index is 12.0. The molecule has 2 rings (SSSR count). The number of carbonyl (C=O) groups excluding carboxylic acids is 2. The lowest BCUT2D eigenvalue weighted by molar-refractivity contribution is -0.144. The van der Waals surface area contributed by atoms with Crippen molar-refractivity contribution < 1.29 is 14.3 Å². The number of rotatable bonds is 8. The van der Waals surface area contributed by atoms with E-state index in [0.29, 0.717) is 25.3 Å². The Morgan fingerprint density at radius 3 is 2.54 bits per heavy atom. The number of nitrogens with zero attached hydrogens (tertiary/aromatic N) is 3. The molecule has 0 fully saturated rings. The highest BCUT2D eigenvalue weighted by molar-refractivity contribution is 5.89. The summed E-state index contributed by atoms with van der Waals surface area (Å²) in [7, 11) is 0. The summed E-state index contributed by atoms with van der Waals surface area (Å²) in [5.74, 6) is -0.232. The van der Waals surface area contributed by atoms with Crippen LogP contribution in [0.3, 0.4) is 0 Å². The van der Waals surface area contributed by atoms with E-state index in [1.807, 2.05) is 12.1 Å². The Morgan fingerprint density at radius 1 is 1.17 bits per heavy atom. The minimum absolute atomic E-state index is 0.0759. The van der Waals surface area contributed by atoms with Crippen molar-refractivity contribution >= 4 is 17.7 Å². The maximum Gasteiger partial charge on any atom is 0.329 e. The molecule has 0 radical (unpaired) electrons. The van der Waals surface area contributed by atoms with Crippen LogP contribution in [0.15, 0.2) is 30.5 Å². The van der Waals surface area contributed by atoms with E-state index < -0.39 is 5.97 Å². The summed E-state index contributed by atoms with van der Waals surface area (Å²) in [6.07, 6.45) is 3.43. The molecule has 1 amide bonds. The average Bonchev–Trinajstić information content (AvgIpc) is 3.00. The van der Waals surface area contributed by atoms with E-state index in [2.05, 4.69) is 34.6 Å². The van der Waals surface area contributed by atoms with Crippen molar-refractivity contribution in [2.75, 3.05) is 11.9 Å². The van der Waals surface area contributed by atoms with E-state index in [1.54, 1.807) is 6.92 Å². The molecular formula is C17H22N4O3. The second-order valence-electron chi connectivity index (χ2n) is 5.28. The predicted molar refractivity (Wildman–Crippen MR) is 89.4 cm³/mol. The van der Waals surface area contributed by atoms with Gasteiger partial charge in [0.2, 0.25) is 5.91 Å². The smallest absolute Gasteiger partial charge is 0.329 e. The van der Waals surface area contributed by atoms with E-state index in [9.17, 15) is 9.59 Å². The van der Waals surface area contributed by atoms with E-state index >= 15 is 0 Å². The molecule has 0 saturated heterocycles. The zero-order valence-corrected chi connectivity index (χ0v) is 14.0. The number of carbonyl (C=O) groups is 2. The fourth-order valence-electron chi connectivity index (χ4n) is 2.16. The summed E-state index contributed by atoms with van der Waals surface area (Å²) in [5, 5.41) is 10.6. The van der Waals surface area contributed by atoms with Crippen LogP contribution in [0.4, 0.5) is 5.82 Å². The van der Waals surface area contributed by atoms with Crippen LogP contribution < -0.4 is 5.32 Å². The largest absolute Gasteiger partial charge is 0.465 e. The van der Waals surface area contributed by atoms with Gasteiger partial charge in [0.1, 0.15) is 0 Å². The van der Waals surface area contributed by atoms with Gasteiger partial charge in [0.25, 0.3) is 0 Å². The number of ether oxygens (including phenoxy) is 1. The molecular weight excluding hydrogens is 308 g/mol. The second-order valence-corrected chi connectivity index (χ2v) is 5.28. The van der Waals surface area contributed by atoms with Gasteiger partial charge in [-0.1, -0.05) is 31.2 Å². The number of nitrogens with one attached hydrogen (secondary N) is 1. The van der Waals surface area contributed by atoms with Crippen LogP contribution in [0, 0.1) is 0 Å². The SMILES string of the molecule is CCOC(=O)Cn1ncc(NC(=O)CCc2ccc(CC)cc2)n1. The van der Waals surface area contributed by atoms with Gasteiger partial charge in [-0.2, -0.15) is 9.90 Å². The third-order valence-electron chi connectivity index (χ3n) is 3.45. The fraction of sp³-hybridized carbons (Fsp3) is 0.412. The molecule has 7 nitrogen and oxygen atoms in total. The van der Waals surface area contributed by atoms with Crippen molar-refractivity contribution in [2.24, 2.45) is 0 Å². The number of benzene rings is 1. The van der Waals surface area contributed by atoms with Gasteiger partial charge in [0.15, 0.2) is 12.4 Å². The lowest BCUT2D eigenvalue weighted by Gasteiger charge is -2.03. The zero-order valence-electron chi connectivity index (χ0n) is 14.0. The molecule has 0 bridgehead atoms. The molecule has 0 aliphatic heterocycles. The molecule has 24 heavy (non-hydrogen) atoms. The van der Waals surface area contributed by atoms with Gasteiger partial charge in [-0.05, 0) is 30.9 Å². The molecule has 1 N–H and O–H groups in total. The monoisotopic (exact) mass is 330 g/mol. The van der Waals surface area contributed by atoms with Crippen LogP contribution in [0.1, 0.15) is 31.4 Å². The molecule has 0 spiro atoms. The molecule has 7 heteroatoms. The number of aryl methyl sites for hydroxylation is 2. The number of esters is 1. The van der Waals surface area contributed by atoms with Gasteiger partial charge in [0, 0.05) is 6.42 Å². The number of hydrogen-bond donors (Lipinski definition) is 1. The number of hydrogen-bond acceptors (Lipinski definition) is 5. The van der Waals surface area contributed by atoms with Crippen LogP contribution in [-0.2, 0) is 33.7 Å². The Kier molecular flexibility index (Phi) is 6.48. The van der Waals surface area contributed by atoms with Crippen LogP contribution in [0.25, 0.3) is 0 Å². The highest BCUT2D eigenvalue weighted by Gasteiger charge is 2.09. The molecule has 128 valence electrons. The molecule has 0 unspecified atom stereocenters. The Bertz CT molecular complexity index is 679. The first-order valence-corrected chi connectivity index (χ1v) is 8.04. The van der Waals surface area contributed by atoms with E-state index in [4.69, 9.17) is 4.74 Å². The van der Waals surface area contributed by atoms with E-state index in [-0.39, 0.29) is 12.5 Å². The van der Waals surface area contributed by atoms with Crippen LogP contribution in [0.2, 0.25) is 0 Å². The Hall–Kier alpha value is -2.70. The molecule has 0 aliphatic carbocycles. The summed E-state index contributed by atoms with van der Waals surface area (Å²) >= 11 is 0. The van der Waals surface area contributed by atoms with Gasteiger partial charge < -0.3 is 10.1 Å². The van der Waals surface area contributed by atoms with E-state index in [0.717, 1.165) is 12.0 Å². The molecule has 0 saturated carbocycles. The predicted octanol–water partition coefficient (Wildman–Crippen LogP) is 1.97. The summed E-state index contributed by atoms with van der Waals surface area (Å²) in [5.41, 5.74) is 2.40. The highest BCUT2D eigenvalue weighted by atomic mass is 16.5. The minimum Gasteiger partial charge on any atom is -0.465 e. The molecule has 1 aromatic heterocycles.